The molecule has 0 bridgehead atoms. The molecular weight excluding hydrogens is 373 g/mol. The van der Waals surface area contributed by atoms with E-state index in [9.17, 15) is 14.0 Å². The molecule has 1 aromatic heterocycles. The molecule has 29 heavy (non-hydrogen) atoms. The van der Waals surface area contributed by atoms with Crippen molar-refractivity contribution in [1.29, 1.82) is 0 Å². The second kappa shape index (κ2) is 8.22. The summed E-state index contributed by atoms with van der Waals surface area (Å²) in [6.45, 7) is 7.05. The molecule has 0 aliphatic heterocycles. The zero-order valence-electron chi connectivity index (χ0n) is 16.7. The number of benzene rings is 2. The van der Waals surface area contributed by atoms with Crippen molar-refractivity contribution < 1.29 is 14.0 Å². The maximum Gasteiger partial charge on any atom is 0.278 e. The molecule has 2 aromatic carbocycles. The Morgan fingerprint density at radius 1 is 1.03 bits per heavy atom. The van der Waals surface area contributed by atoms with Crippen molar-refractivity contribution in [2.75, 3.05) is 10.6 Å². The minimum atomic E-state index is -0.400. The molecule has 0 aliphatic rings. The van der Waals surface area contributed by atoms with Gasteiger partial charge >= 0.3 is 0 Å². The van der Waals surface area contributed by atoms with Crippen LogP contribution in [-0.2, 0) is 11.3 Å². The van der Waals surface area contributed by atoms with Crippen molar-refractivity contribution >= 4 is 23.2 Å². The highest BCUT2D eigenvalue weighted by Crippen LogP contribution is 2.19. The lowest BCUT2D eigenvalue weighted by atomic mass is 10.1. The van der Waals surface area contributed by atoms with E-state index in [-0.39, 0.29) is 12.2 Å². The maximum absolute atomic E-state index is 13.6. The van der Waals surface area contributed by atoms with Gasteiger partial charge in [0.05, 0.1) is 5.69 Å². The first-order valence-electron chi connectivity index (χ1n) is 9.10. The Morgan fingerprint density at radius 3 is 2.52 bits per heavy atom. The lowest BCUT2D eigenvalue weighted by molar-refractivity contribution is -0.117. The number of halogens is 1. The van der Waals surface area contributed by atoms with Gasteiger partial charge in [0.2, 0.25) is 5.91 Å². The number of hydrogen-bond donors (Lipinski definition) is 2. The molecular formula is C21H22FN5O2. The van der Waals surface area contributed by atoms with Crippen LogP contribution in [-0.4, -0.2) is 26.8 Å². The third-order valence-corrected chi connectivity index (χ3v) is 4.80. The molecule has 0 unspecified atom stereocenters. The van der Waals surface area contributed by atoms with E-state index in [0.29, 0.717) is 22.6 Å². The third kappa shape index (κ3) is 4.48. The zero-order valence-corrected chi connectivity index (χ0v) is 16.7. The van der Waals surface area contributed by atoms with Crippen LogP contribution in [0.25, 0.3) is 0 Å². The monoisotopic (exact) mass is 395 g/mol. The van der Waals surface area contributed by atoms with E-state index >= 15 is 0 Å². The number of nitrogens with zero attached hydrogens (tertiary/aromatic N) is 3. The van der Waals surface area contributed by atoms with Crippen LogP contribution in [0.4, 0.5) is 15.8 Å². The standard InChI is InChI=1S/C21H22FN5O2/c1-12-6-5-7-18(14(12)3)24-21(29)20-15(4)27(26-25-20)11-19(28)23-16-9-8-13(2)17(22)10-16/h5-10H,11H2,1-4H3,(H,23,28)(H,24,29). The first kappa shape index (κ1) is 20.2. The highest BCUT2D eigenvalue weighted by Gasteiger charge is 2.19. The van der Waals surface area contributed by atoms with Crippen molar-refractivity contribution in [3.8, 4) is 0 Å². The molecule has 1 heterocycles. The van der Waals surface area contributed by atoms with E-state index in [4.69, 9.17) is 0 Å². The van der Waals surface area contributed by atoms with Gasteiger partial charge in [0.15, 0.2) is 5.69 Å². The minimum Gasteiger partial charge on any atom is -0.324 e. The van der Waals surface area contributed by atoms with Crippen molar-refractivity contribution in [2.45, 2.75) is 34.2 Å². The average molecular weight is 395 g/mol. The molecule has 0 fully saturated rings. The molecule has 7 nitrogen and oxygen atoms in total. The van der Waals surface area contributed by atoms with Gasteiger partial charge in [-0.15, -0.1) is 5.10 Å². The quantitative estimate of drug-likeness (QED) is 0.692. The fourth-order valence-corrected chi connectivity index (χ4v) is 2.80. The van der Waals surface area contributed by atoms with Crippen LogP contribution in [0.1, 0.15) is 32.9 Å². The highest BCUT2D eigenvalue weighted by molar-refractivity contribution is 6.04. The lowest BCUT2D eigenvalue weighted by Gasteiger charge is -2.10. The summed E-state index contributed by atoms with van der Waals surface area (Å²) in [7, 11) is 0. The summed E-state index contributed by atoms with van der Waals surface area (Å²) in [5.41, 5.74) is 4.17. The lowest BCUT2D eigenvalue weighted by Crippen LogP contribution is -2.21. The smallest absolute Gasteiger partial charge is 0.278 e. The summed E-state index contributed by atoms with van der Waals surface area (Å²) >= 11 is 0. The largest absolute Gasteiger partial charge is 0.324 e. The fraction of sp³-hybridized carbons (Fsp3) is 0.238. The van der Waals surface area contributed by atoms with Crippen LogP contribution < -0.4 is 10.6 Å². The molecule has 0 saturated carbocycles. The number of amides is 2. The van der Waals surface area contributed by atoms with E-state index in [1.165, 1.54) is 10.7 Å². The normalized spacial score (nSPS) is 10.7. The first-order valence-corrected chi connectivity index (χ1v) is 9.10. The van der Waals surface area contributed by atoms with Gasteiger partial charge < -0.3 is 10.6 Å². The van der Waals surface area contributed by atoms with Gasteiger partial charge in [-0.3, -0.25) is 9.59 Å². The maximum atomic E-state index is 13.6. The van der Waals surface area contributed by atoms with Crippen LogP contribution in [0, 0.1) is 33.5 Å². The summed E-state index contributed by atoms with van der Waals surface area (Å²) in [6.07, 6.45) is 0. The summed E-state index contributed by atoms with van der Waals surface area (Å²) in [6, 6.07) is 10.1. The fourth-order valence-electron chi connectivity index (χ4n) is 2.80. The predicted octanol–water partition coefficient (Wildman–Crippen LogP) is 3.54. The molecule has 8 heteroatoms. The second-order valence-corrected chi connectivity index (χ2v) is 6.89. The van der Waals surface area contributed by atoms with Crippen LogP contribution in [0.5, 0.6) is 0 Å². The summed E-state index contributed by atoms with van der Waals surface area (Å²) in [5, 5.41) is 13.3. The number of hydrogen-bond acceptors (Lipinski definition) is 4. The summed E-state index contributed by atoms with van der Waals surface area (Å²) in [4.78, 5) is 24.8. The van der Waals surface area contributed by atoms with Crippen molar-refractivity contribution in [3.05, 3.63) is 70.3 Å². The van der Waals surface area contributed by atoms with Crippen molar-refractivity contribution in [2.24, 2.45) is 0 Å². The van der Waals surface area contributed by atoms with Gasteiger partial charge in [0, 0.05) is 11.4 Å². The molecule has 0 saturated heterocycles. The van der Waals surface area contributed by atoms with Gasteiger partial charge in [0.25, 0.3) is 5.91 Å². The number of rotatable bonds is 5. The Bertz CT molecular complexity index is 1090. The van der Waals surface area contributed by atoms with Gasteiger partial charge in [-0.2, -0.15) is 0 Å². The molecule has 0 spiro atoms. The number of anilines is 2. The molecule has 3 rings (SSSR count). The third-order valence-electron chi connectivity index (χ3n) is 4.80. The van der Waals surface area contributed by atoms with Gasteiger partial charge in [-0.05, 0) is 62.6 Å². The van der Waals surface area contributed by atoms with Gasteiger partial charge in [-0.25, -0.2) is 9.07 Å². The SMILES string of the molecule is Cc1ccc(NC(=O)Cn2nnc(C(=O)Nc3cccc(C)c3C)c2C)cc1F. The topological polar surface area (TPSA) is 88.9 Å². The molecule has 0 radical (unpaired) electrons. The highest BCUT2D eigenvalue weighted by atomic mass is 19.1. The van der Waals surface area contributed by atoms with Crippen LogP contribution in [0.2, 0.25) is 0 Å². The predicted molar refractivity (Wildman–Crippen MR) is 108 cm³/mol. The summed E-state index contributed by atoms with van der Waals surface area (Å²) < 4.78 is 15.0. The van der Waals surface area contributed by atoms with E-state index < -0.39 is 17.6 Å². The Labute approximate surface area is 167 Å². The Hall–Kier alpha value is -3.55. The van der Waals surface area contributed by atoms with E-state index in [0.717, 1.165) is 11.1 Å². The Kier molecular flexibility index (Phi) is 5.72. The second-order valence-electron chi connectivity index (χ2n) is 6.89. The zero-order chi connectivity index (χ0) is 21.1. The molecule has 150 valence electrons. The number of carbonyl (C=O) groups is 2. The van der Waals surface area contributed by atoms with Crippen molar-refractivity contribution in [3.63, 3.8) is 0 Å². The molecule has 3 aromatic rings. The molecule has 2 N–H and O–H groups in total. The number of nitrogens with one attached hydrogen (secondary N) is 2. The van der Waals surface area contributed by atoms with Crippen LogP contribution in [0.3, 0.4) is 0 Å². The minimum absolute atomic E-state index is 0.139. The van der Waals surface area contributed by atoms with Crippen LogP contribution >= 0.6 is 0 Å². The number of aryl methyl sites for hydroxylation is 2. The average Bonchev–Trinajstić information content (AvgIpc) is 3.02. The number of aromatic nitrogens is 3. The Balaban J connectivity index is 1.69. The van der Waals surface area contributed by atoms with E-state index in [1.54, 1.807) is 26.0 Å². The van der Waals surface area contributed by atoms with Crippen LogP contribution in [0.15, 0.2) is 36.4 Å². The van der Waals surface area contributed by atoms with E-state index in [1.807, 2.05) is 32.0 Å². The van der Waals surface area contributed by atoms with Gasteiger partial charge in [0.1, 0.15) is 12.4 Å². The Morgan fingerprint density at radius 2 is 1.79 bits per heavy atom. The van der Waals surface area contributed by atoms with E-state index in [2.05, 4.69) is 20.9 Å². The van der Waals surface area contributed by atoms with Crippen molar-refractivity contribution in [1.82, 2.24) is 15.0 Å². The van der Waals surface area contributed by atoms with Gasteiger partial charge in [-0.1, -0.05) is 23.4 Å². The summed E-state index contributed by atoms with van der Waals surface area (Å²) in [5.74, 6) is -1.20. The number of carbonyl (C=O) groups excluding carboxylic acids is 2. The first-order chi connectivity index (χ1) is 13.8. The molecule has 0 atom stereocenters. The molecule has 0 aliphatic carbocycles. The molecule has 2 amide bonds.